The summed E-state index contributed by atoms with van der Waals surface area (Å²) in [5.74, 6) is 1.05. The van der Waals surface area contributed by atoms with Gasteiger partial charge in [0.2, 0.25) is 0 Å². The first-order valence-electron chi connectivity index (χ1n) is 7.32. The first-order valence-corrected chi connectivity index (χ1v) is 7.32. The van der Waals surface area contributed by atoms with Crippen LogP contribution in [-0.4, -0.2) is 13.0 Å². The van der Waals surface area contributed by atoms with Gasteiger partial charge in [0, 0.05) is 0 Å². The standard InChI is InChI=1S/C19H17NO3/c1-22-18-10-9-15(14-6-3-2-4-7-14)12-17(18)19(21)20-13-16-8-5-11-23-16/h2-12H,13H2,1H3,(H,20,21). The number of hydrogen-bond acceptors (Lipinski definition) is 3. The third-order valence-electron chi connectivity index (χ3n) is 3.55. The highest BCUT2D eigenvalue weighted by molar-refractivity contribution is 5.98. The predicted molar refractivity (Wildman–Crippen MR) is 88.3 cm³/mol. The van der Waals surface area contributed by atoms with Gasteiger partial charge >= 0.3 is 0 Å². The van der Waals surface area contributed by atoms with Crippen molar-refractivity contribution in [2.24, 2.45) is 0 Å². The molecule has 0 spiro atoms. The maximum atomic E-state index is 12.5. The normalized spacial score (nSPS) is 10.3. The number of methoxy groups -OCH3 is 1. The van der Waals surface area contributed by atoms with E-state index < -0.39 is 0 Å². The molecule has 1 aromatic heterocycles. The van der Waals surface area contributed by atoms with Gasteiger partial charge in [-0.1, -0.05) is 36.4 Å². The van der Waals surface area contributed by atoms with Crippen LogP contribution >= 0.6 is 0 Å². The molecule has 0 unspecified atom stereocenters. The van der Waals surface area contributed by atoms with E-state index in [0.29, 0.717) is 23.6 Å². The number of furan rings is 1. The van der Waals surface area contributed by atoms with Crippen molar-refractivity contribution in [1.82, 2.24) is 5.32 Å². The van der Waals surface area contributed by atoms with E-state index in [1.54, 1.807) is 19.4 Å². The maximum absolute atomic E-state index is 12.5. The smallest absolute Gasteiger partial charge is 0.255 e. The molecule has 0 fully saturated rings. The van der Waals surface area contributed by atoms with Crippen molar-refractivity contribution in [3.05, 3.63) is 78.3 Å². The van der Waals surface area contributed by atoms with Gasteiger partial charge in [-0.05, 0) is 35.4 Å². The first-order chi connectivity index (χ1) is 11.3. The molecule has 0 saturated carbocycles. The zero-order valence-corrected chi connectivity index (χ0v) is 12.8. The quantitative estimate of drug-likeness (QED) is 0.778. The van der Waals surface area contributed by atoms with Crippen LogP contribution in [0.1, 0.15) is 16.1 Å². The highest BCUT2D eigenvalue weighted by Gasteiger charge is 2.14. The molecule has 0 atom stereocenters. The van der Waals surface area contributed by atoms with Crippen LogP contribution in [0.4, 0.5) is 0 Å². The van der Waals surface area contributed by atoms with Crippen molar-refractivity contribution in [3.63, 3.8) is 0 Å². The highest BCUT2D eigenvalue weighted by Crippen LogP contribution is 2.26. The Kier molecular flexibility index (Phi) is 4.43. The van der Waals surface area contributed by atoms with E-state index >= 15 is 0 Å². The van der Waals surface area contributed by atoms with Crippen molar-refractivity contribution in [2.75, 3.05) is 7.11 Å². The van der Waals surface area contributed by atoms with Crippen molar-refractivity contribution < 1.29 is 13.9 Å². The van der Waals surface area contributed by atoms with Crippen LogP contribution in [0.5, 0.6) is 5.75 Å². The average molecular weight is 307 g/mol. The van der Waals surface area contributed by atoms with Gasteiger partial charge in [0.1, 0.15) is 11.5 Å². The number of ether oxygens (including phenoxy) is 1. The molecule has 0 radical (unpaired) electrons. The van der Waals surface area contributed by atoms with Gasteiger partial charge in [0.15, 0.2) is 0 Å². The SMILES string of the molecule is COc1ccc(-c2ccccc2)cc1C(=O)NCc1ccco1. The van der Waals surface area contributed by atoms with Gasteiger partial charge in [-0.2, -0.15) is 0 Å². The average Bonchev–Trinajstić information content (AvgIpc) is 3.13. The van der Waals surface area contributed by atoms with Crippen molar-refractivity contribution >= 4 is 5.91 Å². The monoisotopic (exact) mass is 307 g/mol. The summed E-state index contributed by atoms with van der Waals surface area (Å²) in [7, 11) is 1.56. The zero-order chi connectivity index (χ0) is 16.1. The molecular formula is C19H17NO3. The number of amides is 1. The van der Waals surface area contributed by atoms with E-state index in [1.807, 2.05) is 54.6 Å². The number of carbonyl (C=O) groups excluding carboxylic acids is 1. The third-order valence-corrected chi connectivity index (χ3v) is 3.55. The van der Waals surface area contributed by atoms with E-state index in [0.717, 1.165) is 11.1 Å². The van der Waals surface area contributed by atoms with E-state index in [1.165, 1.54) is 0 Å². The van der Waals surface area contributed by atoms with Gasteiger partial charge < -0.3 is 14.5 Å². The number of nitrogens with one attached hydrogen (secondary N) is 1. The van der Waals surface area contributed by atoms with Crippen LogP contribution in [0, 0.1) is 0 Å². The minimum atomic E-state index is -0.198. The fourth-order valence-electron chi connectivity index (χ4n) is 2.37. The molecule has 2 aromatic carbocycles. The molecule has 0 aliphatic heterocycles. The summed E-state index contributed by atoms with van der Waals surface area (Å²) in [6.45, 7) is 0.338. The molecule has 0 saturated heterocycles. The second-order valence-electron chi connectivity index (χ2n) is 5.04. The summed E-state index contributed by atoms with van der Waals surface area (Å²) < 4.78 is 10.5. The summed E-state index contributed by atoms with van der Waals surface area (Å²) in [6, 6.07) is 19.1. The van der Waals surface area contributed by atoms with E-state index in [9.17, 15) is 4.79 Å². The van der Waals surface area contributed by atoms with Gasteiger partial charge in [0.05, 0.1) is 25.5 Å². The molecule has 4 nitrogen and oxygen atoms in total. The molecule has 4 heteroatoms. The number of hydrogen-bond donors (Lipinski definition) is 1. The van der Waals surface area contributed by atoms with Crippen LogP contribution in [0.2, 0.25) is 0 Å². The lowest BCUT2D eigenvalue weighted by molar-refractivity contribution is 0.0945. The molecule has 3 aromatic rings. The van der Waals surface area contributed by atoms with Crippen molar-refractivity contribution in [3.8, 4) is 16.9 Å². The van der Waals surface area contributed by atoms with Crippen LogP contribution in [0.3, 0.4) is 0 Å². The summed E-state index contributed by atoms with van der Waals surface area (Å²) in [4.78, 5) is 12.5. The van der Waals surface area contributed by atoms with Gasteiger partial charge in [-0.3, -0.25) is 4.79 Å². The Morgan fingerprint density at radius 1 is 1.04 bits per heavy atom. The first kappa shape index (κ1) is 14.9. The Morgan fingerprint density at radius 3 is 2.57 bits per heavy atom. The molecule has 0 bridgehead atoms. The van der Waals surface area contributed by atoms with E-state index in [4.69, 9.17) is 9.15 Å². The van der Waals surface area contributed by atoms with Crippen LogP contribution < -0.4 is 10.1 Å². The molecule has 1 N–H and O–H groups in total. The molecule has 3 rings (SSSR count). The van der Waals surface area contributed by atoms with Crippen LogP contribution in [0.25, 0.3) is 11.1 Å². The van der Waals surface area contributed by atoms with E-state index in [2.05, 4.69) is 5.32 Å². The Hall–Kier alpha value is -3.01. The van der Waals surface area contributed by atoms with Gasteiger partial charge in [0.25, 0.3) is 5.91 Å². The summed E-state index contributed by atoms with van der Waals surface area (Å²) in [5, 5.41) is 2.84. The summed E-state index contributed by atoms with van der Waals surface area (Å²) in [5.41, 5.74) is 2.52. The Morgan fingerprint density at radius 2 is 1.87 bits per heavy atom. The van der Waals surface area contributed by atoms with E-state index in [-0.39, 0.29) is 5.91 Å². The van der Waals surface area contributed by atoms with Crippen molar-refractivity contribution in [2.45, 2.75) is 6.54 Å². The molecule has 23 heavy (non-hydrogen) atoms. The summed E-state index contributed by atoms with van der Waals surface area (Å²) in [6.07, 6.45) is 1.58. The lowest BCUT2D eigenvalue weighted by Crippen LogP contribution is -2.23. The molecule has 0 aliphatic carbocycles. The second kappa shape index (κ2) is 6.83. The number of carbonyl (C=O) groups is 1. The minimum Gasteiger partial charge on any atom is -0.496 e. The lowest BCUT2D eigenvalue weighted by Gasteiger charge is -2.11. The van der Waals surface area contributed by atoms with Crippen molar-refractivity contribution in [1.29, 1.82) is 0 Å². The minimum absolute atomic E-state index is 0.198. The predicted octanol–water partition coefficient (Wildman–Crippen LogP) is 3.89. The zero-order valence-electron chi connectivity index (χ0n) is 12.8. The largest absolute Gasteiger partial charge is 0.496 e. The fourth-order valence-corrected chi connectivity index (χ4v) is 2.37. The highest BCUT2D eigenvalue weighted by atomic mass is 16.5. The maximum Gasteiger partial charge on any atom is 0.255 e. The molecular weight excluding hydrogens is 290 g/mol. The van der Waals surface area contributed by atoms with Crippen LogP contribution in [-0.2, 0) is 6.54 Å². The van der Waals surface area contributed by atoms with Gasteiger partial charge in [-0.25, -0.2) is 0 Å². The molecule has 116 valence electrons. The van der Waals surface area contributed by atoms with Gasteiger partial charge in [-0.15, -0.1) is 0 Å². The molecule has 0 aliphatic rings. The second-order valence-corrected chi connectivity index (χ2v) is 5.04. The Labute approximate surface area is 134 Å². The number of benzene rings is 2. The molecule has 1 heterocycles. The fraction of sp³-hybridized carbons (Fsp3) is 0.105. The molecule has 1 amide bonds. The third kappa shape index (κ3) is 3.43. The number of rotatable bonds is 5. The lowest BCUT2D eigenvalue weighted by atomic mass is 10.0. The van der Waals surface area contributed by atoms with Crippen LogP contribution in [0.15, 0.2) is 71.3 Å². The Bertz CT molecular complexity index is 780. The summed E-state index contributed by atoms with van der Waals surface area (Å²) >= 11 is 0. The topological polar surface area (TPSA) is 51.5 Å². The Balaban J connectivity index is 1.85.